The summed E-state index contributed by atoms with van der Waals surface area (Å²) < 4.78 is 0. The van der Waals surface area contributed by atoms with Gasteiger partial charge in [0.1, 0.15) is 0 Å². The Balaban J connectivity index is 1.78. The van der Waals surface area contributed by atoms with E-state index in [-0.39, 0.29) is 0 Å². The van der Waals surface area contributed by atoms with Crippen LogP contribution in [-0.4, -0.2) is 11.7 Å². The highest BCUT2D eigenvalue weighted by Gasteiger charge is 2.18. The van der Waals surface area contributed by atoms with E-state index >= 15 is 0 Å². The molecule has 0 radical (unpaired) electrons. The summed E-state index contributed by atoms with van der Waals surface area (Å²) in [5.74, 6) is 0. The predicted molar refractivity (Wildman–Crippen MR) is 79.8 cm³/mol. The lowest BCUT2D eigenvalue weighted by Gasteiger charge is -2.00. The normalized spacial score (nSPS) is 14.3. The second kappa shape index (κ2) is 10.6. The maximum Gasteiger partial charge on any atom is 0.0431 e. The van der Waals surface area contributed by atoms with Gasteiger partial charge < -0.3 is 5.11 Å². The van der Waals surface area contributed by atoms with Crippen LogP contribution in [0.3, 0.4) is 0 Å². The van der Waals surface area contributed by atoms with E-state index in [4.69, 9.17) is 5.11 Å². The summed E-state index contributed by atoms with van der Waals surface area (Å²) in [6.45, 7) is 2.65. The smallest absolute Gasteiger partial charge is 0.0431 e. The van der Waals surface area contributed by atoms with Crippen LogP contribution in [0.15, 0.2) is 11.1 Å². The third-order valence-corrected chi connectivity index (χ3v) is 4.02. The van der Waals surface area contributed by atoms with E-state index in [1.165, 1.54) is 77.0 Å². The van der Waals surface area contributed by atoms with Crippen LogP contribution < -0.4 is 0 Å². The molecule has 1 aliphatic rings. The highest BCUT2D eigenvalue weighted by atomic mass is 16.2. The summed E-state index contributed by atoms with van der Waals surface area (Å²) in [5, 5.41) is 8.67. The Morgan fingerprint density at radius 1 is 0.722 bits per heavy atom. The van der Waals surface area contributed by atoms with Crippen molar-refractivity contribution in [1.82, 2.24) is 0 Å². The zero-order valence-corrected chi connectivity index (χ0v) is 12.3. The average Bonchev–Trinajstić information content (AvgIpc) is 3.13. The molecule has 0 saturated heterocycles. The lowest BCUT2D eigenvalue weighted by atomic mass is 10.1. The van der Waals surface area contributed by atoms with Gasteiger partial charge in [-0.3, -0.25) is 0 Å². The summed E-state index contributed by atoms with van der Waals surface area (Å²) in [6, 6.07) is 0. The number of aliphatic hydroxyl groups is 1. The van der Waals surface area contributed by atoms with Gasteiger partial charge in [0.15, 0.2) is 0 Å². The summed E-state index contributed by atoms with van der Waals surface area (Å²) in [7, 11) is 0. The van der Waals surface area contributed by atoms with Crippen LogP contribution in [0.2, 0.25) is 0 Å². The first-order valence-electron chi connectivity index (χ1n) is 8.19. The van der Waals surface area contributed by atoms with Gasteiger partial charge in [-0.1, -0.05) is 63.0 Å². The summed E-state index contributed by atoms with van der Waals surface area (Å²) >= 11 is 0. The molecule has 18 heavy (non-hydrogen) atoms. The molecule has 1 aliphatic carbocycles. The standard InChI is InChI=1S/C17H32O/c1-2-3-12-16-15-17(16)13-10-8-6-4-5-7-9-11-14-18/h18H,2-15H2,1H3. The van der Waals surface area contributed by atoms with Gasteiger partial charge in [-0.15, -0.1) is 0 Å². The molecule has 0 amide bonds. The van der Waals surface area contributed by atoms with Crippen molar-refractivity contribution in [2.75, 3.05) is 6.61 Å². The van der Waals surface area contributed by atoms with Crippen molar-refractivity contribution in [3.63, 3.8) is 0 Å². The minimum Gasteiger partial charge on any atom is -0.396 e. The summed E-state index contributed by atoms with van der Waals surface area (Å²) in [5.41, 5.74) is 3.59. The largest absolute Gasteiger partial charge is 0.396 e. The fourth-order valence-electron chi connectivity index (χ4n) is 2.64. The Morgan fingerprint density at radius 2 is 1.22 bits per heavy atom. The minimum atomic E-state index is 0.371. The van der Waals surface area contributed by atoms with Gasteiger partial charge >= 0.3 is 0 Å². The molecule has 0 fully saturated rings. The molecule has 1 rings (SSSR count). The van der Waals surface area contributed by atoms with Crippen molar-refractivity contribution in [3.05, 3.63) is 11.1 Å². The second-order valence-corrected chi connectivity index (χ2v) is 5.79. The van der Waals surface area contributed by atoms with Gasteiger partial charge in [-0.2, -0.15) is 0 Å². The number of hydrogen-bond acceptors (Lipinski definition) is 1. The van der Waals surface area contributed by atoms with E-state index in [2.05, 4.69) is 6.92 Å². The molecule has 0 aromatic carbocycles. The maximum atomic E-state index is 8.67. The monoisotopic (exact) mass is 252 g/mol. The molecule has 0 spiro atoms. The van der Waals surface area contributed by atoms with Crippen LogP contribution in [0, 0.1) is 0 Å². The van der Waals surface area contributed by atoms with Gasteiger partial charge in [0.2, 0.25) is 0 Å². The first-order valence-corrected chi connectivity index (χ1v) is 8.19. The molecular formula is C17H32O. The zero-order valence-electron chi connectivity index (χ0n) is 12.3. The van der Waals surface area contributed by atoms with E-state index in [9.17, 15) is 0 Å². The van der Waals surface area contributed by atoms with Crippen molar-refractivity contribution >= 4 is 0 Å². The maximum absolute atomic E-state index is 8.67. The molecule has 1 heteroatoms. The van der Waals surface area contributed by atoms with Crippen LogP contribution >= 0.6 is 0 Å². The number of unbranched alkanes of at least 4 members (excludes halogenated alkanes) is 8. The molecule has 1 nitrogen and oxygen atoms in total. The Morgan fingerprint density at radius 3 is 1.78 bits per heavy atom. The molecule has 0 aliphatic heterocycles. The van der Waals surface area contributed by atoms with Gasteiger partial charge in [0.25, 0.3) is 0 Å². The minimum absolute atomic E-state index is 0.371. The molecule has 0 unspecified atom stereocenters. The van der Waals surface area contributed by atoms with E-state index in [1.807, 2.05) is 0 Å². The van der Waals surface area contributed by atoms with Gasteiger partial charge in [-0.25, -0.2) is 0 Å². The van der Waals surface area contributed by atoms with Crippen LogP contribution in [0.1, 0.15) is 90.4 Å². The molecule has 0 atom stereocenters. The quantitative estimate of drug-likeness (QED) is 0.344. The zero-order chi connectivity index (χ0) is 13.1. The fraction of sp³-hybridized carbons (Fsp3) is 0.882. The SMILES string of the molecule is CCCCC1=C(CCCCCCCCCCO)C1. The molecule has 0 bridgehead atoms. The van der Waals surface area contributed by atoms with E-state index < -0.39 is 0 Å². The van der Waals surface area contributed by atoms with Crippen LogP contribution in [0.4, 0.5) is 0 Å². The predicted octanol–water partition coefficient (Wildman–Crippen LogP) is 5.38. The van der Waals surface area contributed by atoms with E-state index in [0.717, 1.165) is 6.42 Å². The number of aliphatic hydroxyl groups excluding tert-OH is 1. The van der Waals surface area contributed by atoms with E-state index in [0.29, 0.717) is 6.61 Å². The van der Waals surface area contributed by atoms with Crippen molar-refractivity contribution in [3.8, 4) is 0 Å². The number of rotatable bonds is 13. The highest BCUT2D eigenvalue weighted by molar-refractivity contribution is 5.34. The van der Waals surface area contributed by atoms with Crippen LogP contribution in [0.5, 0.6) is 0 Å². The summed E-state index contributed by atoms with van der Waals surface area (Å²) in [4.78, 5) is 0. The average molecular weight is 252 g/mol. The van der Waals surface area contributed by atoms with E-state index in [1.54, 1.807) is 11.1 Å². The summed E-state index contributed by atoms with van der Waals surface area (Å²) in [6.07, 6.45) is 17.4. The lowest BCUT2D eigenvalue weighted by Crippen LogP contribution is -1.84. The van der Waals surface area contributed by atoms with Gasteiger partial charge in [0, 0.05) is 6.61 Å². The molecule has 1 N–H and O–H groups in total. The topological polar surface area (TPSA) is 20.2 Å². The Labute approximate surface area is 114 Å². The molecule has 106 valence electrons. The van der Waals surface area contributed by atoms with Gasteiger partial charge in [-0.05, 0) is 38.5 Å². The lowest BCUT2D eigenvalue weighted by molar-refractivity contribution is 0.282. The molecule has 0 heterocycles. The highest BCUT2D eigenvalue weighted by Crippen LogP contribution is 2.38. The van der Waals surface area contributed by atoms with Crippen molar-refractivity contribution in [1.29, 1.82) is 0 Å². The Hall–Kier alpha value is -0.300. The van der Waals surface area contributed by atoms with Crippen molar-refractivity contribution in [2.45, 2.75) is 90.4 Å². The number of allylic oxidation sites excluding steroid dienone is 2. The van der Waals surface area contributed by atoms with Gasteiger partial charge in [0.05, 0.1) is 0 Å². The number of hydrogen-bond donors (Lipinski definition) is 1. The van der Waals surface area contributed by atoms with Crippen molar-refractivity contribution in [2.24, 2.45) is 0 Å². The Kier molecular flexibility index (Phi) is 9.28. The molecule has 0 saturated carbocycles. The molecule has 0 aromatic heterocycles. The van der Waals surface area contributed by atoms with Crippen LogP contribution in [0.25, 0.3) is 0 Å². The molecular weight excluding hydrogens is 220 g/mol. The second-order valence-electron chi connectivity index (χ2n) is 5.79. The fourth-order valence-corrected chi connectivity index (χ4v) is 2.64. The molecule has 0 aromatic rings. The third-order valence-electron chi connectivity index (χ3n) is 4.02. The van der Waals surface area contributed by atoms with Crippen molar-refractivity contribution < 1.29 is 5.11 Å². The third kappa shape index (κ3) is 7.92. The first-order chi connectivity index (χ1) is 8.88. The van der Waals surface area contributed by atoms with Crippen LogP contribution in [-0.2, 0) is 0 Å². The Bertz CT molecular complexity index is 230. The first kappa shape index (κ1) is 15.8.